The van der Waals surface area contributed by atoms with Gasteiger partial charge in [0, 0.05) is 18.5 Å². The number of hydrogen-bond donors (Lipinski definition) is 2. The molecule has 6 rings (SSSR count). The van der Waals surface area contributed by atoms with E-state index in [0.717, 1.165) is 0 Å². The van der Waals surface area contributed by atoms with Gasteiger partial charge >= 0.3 is 23.1 Å². The quantitative estimate of drug-likeness (QED) is 0.0652. The van der Waals surface area contributed by atoms with Gasteiger partial charge in [0.2, 0.25) is 0 Å². The summed E-state index contributed by atoms with van der Waals surface area (Å²) < 4.78 is 29.3. The number of rotatable bonds is 6. The molecule has 0 saturated carbocycles. The first-order valence-electron chi connectivity index (χ1n) is 14.2. The van der Waals surface area contributed by atoms with Crippen LogP contribution in [0.25, 0.3) is 16.9 Å². The van der Waals surface area contributed by atoms with Gasteiger partial charge in [0.05, 0.1) is 49.1 Å². The third-order valence-electron chi connectivity index (χ3n) is 5.78. The van der Waals surface area contributed by atoms with E-state index in [0.29, 0.717) is 38.1 Å². The highest BCUT2D eigenvalue weighted by molar-refractivity contribution is 9.10. The minimum absolute atomic E-state index is 0. The SMILES string of the molecule is CCOC(=O)c1cnn2cc(Br)c(=O)[nH]c12.CCOC(=O)c1cnn2cc(Br)c(Cl)nc12.CCOC(=O)c1cnn2ccc(=O)[nH]c12.O=P(Cl)(Cl)Cl.[B-]. The van der Waals surface area contributed by atoms with Crippen LogP contribution in [0, 0.1) is 0 Å². The van der Waals surface area contributed by atoms with Crippen LogP contribution in [-0.2, 0) is 18.8 Å². The third kappa shape index (κ3) is 13.0. The first-order valence-corrected chi connectivity index (χ1v) is 20.6. The molecule has 6 heterocycles. The summed E-state index contributed by atoms with van der Waals surface area (Å²) in [4.78, 5) is 66.0. The van der Waals surface area contributed by atoms with Crippen LogP contribution in [0.1, 0.15) is 51.8 Å². The molecule has 0 atom stereocenters. The van der Waals surface area contributed by atoms with Crippen LogP contribution >= 0.6 is 82.4 Å². The summed E-state index contributed by atoms with van der Waals surface area (Å²) in [6.07, 6.45) is 8.73. The summed E-state index contributed by atoms with van der Waals surface area (Å²) in [5.74, 6) is -1.45. The Balaban J connectivity index is 0.000000256. The first kappa shape index (κ1) is 45.4. The van der Waals surface area contributed by atoms with Gasteiger partial charge in [-0.15, -0.1) is 0 Å². The van der Waals surface area contributed by atoms with Crippen molar-refractivity contribution in [3.05, 3.63) is 94.7 Å². The Morgan fingerprint density at radius 3 is 1.72 bits per heavy atom. The lowest BCUT2D eigenvalue weighted by atomic mass is 10.3. The minimum Gasteiger partial charge on any atom is -1.00 e. The highest BCUT2D eigenvalue weighted by atomic mass is 79.9. The smallest absolute Gasteiger partial charge is 0.343 e. The number of ether oxygens (including phenoxy) is 3. The Hall–Kier alpha value is -3.72. The Labute approximate surface area is 336 Å². The number of esters is 3. The standard InChI is InChI=1S/C9H7BrClN3O2.C9H8BrN3O3.C9H9N3O3.B.Cl3OP/c1-2-16-9(15)5-3-12-14-4-6(10)7(11)13-8(5)14;1-2-16-9(15)5-3-11-13-4-6(10)8(14)12-7(5)13;1-2-15-9(14)6-5-10-12-4-3-7(13)11-8(6)12;;1-5(2,3)4/h3-4H,2H2,1H3;3-4H,2H2,1H3,(H,12,14);3-5H,2H2,1H3,(H,11,13);;/q;;;-1;. The van der Waals surface area contributed by atoms with Crippen molar-refractivity contribution in [1.82, 2.24) is 43.8 Å². The van der Waals surface area contributed by atoms with E-state index in [4.69, 9.17) is 25.8 Å². The summed E-state index contributed by atoms with van der Waals surface area (Å²) in [5, 5.41) is 8.89. The van der Waals surface area contributed by atoms with E-state index in [1.54, 1.807) is 27.0 Å². The normalized spacial score (nSPS) is 10.5. The summed E-state index contributed by atoms with van der Waals surface area (Å²) in [6.45, 7) is 6.03. The fraction of sp³-hybridized carbons (Fsp3) is 0.222. The zero-order chi connectivity index (χ0) is 38.7. The molecule has 0 spiro atoms. The van der Waals surface area contributed by atoms with Crippen LogP contribution in [0.5, 0.6) is 0 Å². The number of fused-ring (bicyclic) bond motifs is 3. The first-order chi connectivity index (χ1) is 24.5. The average molecular weight is 962 g/mol. The summed E-state index contributed by atoms with van der Waals surface area (Å²) in [6, 6.07) is 1.33. The van der Waals surface area contributed by atoms with Gasteiger partial charge in [-0.3, -0.25) is 14.2 Å². The fourth-order valence-corrected chi connectivity index (χ4v) is 4.46. The molecule has 18 nitrogen and oxygen atoms in total. The Bertz CT molecular complexity index is 2390. The molecule has 0 aliphatic carbocycles. The molecule has 0 unspecified atom stereocenters. The summed E-state index contributed by atoms with van der Waals surface area (Å²) in [7, 11) is 0. The van der Waals surface area contributed by atoms with Gasteiger partial charge in [0.15, 0.2) is 16.9 Å². The zero-order valence-electron chi connectivity index (χ0n) is 27.3. The van der Waals surface area contributed by atoms with Gasteiger partial charge in [0.25, 0.3) is 11.1 Å². The topological polar surface area (TPSA) is 226 Å². The van der Waals surface area contributed by atoms with Gasteiger partial charge in [-0.2, -0.15) is 15.3 Å². The molecule has 282 valence electrons. The van der Waals surface area contributed by atoms with E-state index >= 15 is 0 Å². The fourth-order valence-electron chi connectivity index (χ4n) is 3.75. The molecule has 53 heavy (non-hydrogen) atoms. The maximum Gasteiger partial charge on any atom is 0.343 e. The van der Waals surface area contributed by atoms with Crippen LogP contribution in [0.15, 0.2) is 61.8 Å². The van der Waals surface area contributed by atoms with Gasteiger partial charge < -0.3 is 32.6 Å². The number of nitrogens with one attached hydrogen (secondary N) is 2. The van der Waals surface area contributed by atoms with Gasteiger partial charge in [-0.05, 0) is 86.4 Å². The van der Waals surface area contributed by atoms with E-state index < -0.39 is 23.1 Å². The van der Waals surface area contributed by atoms with Crippen LogP contribution in [0.4, 0.5) is 0 Å². The van der Waals surface area contributed by atoms with Crippen molar-refractivity contribution in [2.24, 2.45) is 0 Å². The largest absolute Gasteiger partial charge is 1.00 e. The van der Waals surface area contributed by atoms with E-state index in [2.05, 4.69) is 95.8 Å². The molecular formula is C27H24BBr2Cl4N9O9P-. The van der Waals surface area contributed by atoms with E-state index in [1.165, 1.54) is 50.6 Å². The molecule has 0 saturated heterocycles. The molecule has 0 aliphatic rings. The van der Waals surface area contributed by atoms with Crippen LogP contribution in [0.2, 0.25) is 5.15 Å². The highest BCUT2D eigenvalue weighted by Crippen LogP contribution is 2.61. The Morgan fingerprint density at radius 1 is 0.755 bits per heavy atom. The molecule has 0 aliphatic heterocycles. The molecule has 2 N–H and O–H groups in total. The number of aromatic nitrogens is 9. The van der Waals surface area contributed by atoms with Crippen molar-refractivity contribution in [3.63, 3.8) is 0 Å². The highest BCUT2D eigenvalue weighted by Gasteiger charge is 2.17. The average Bonchev–Trinajstić information content (AvgIpc) is 3.78. The monoisotopic (exact) mass is 958 g/mol. The summed E-state index contributed by atoms with van der Waals surface area (Å²) >= 11 is 26.0. The van der Waals surface area contributed by atoms with Gasteiger partial charge in [-0.25, -0.2) is 32.9 Å². The molecule has 4 radical (unpaired) electrons. The molecule has 0 aromatic carbocycles. The molecule has 0 fully saturated rings. The van der Waals surface area contributed by atoms with Crippen molar-refractivity contribution >= 4 is 126 Å². The van der Waals surface area contributed by atoms with E-state index in [9.17, 15) is 28.5 Å². The number of carbonyl (C=O) groups excluding carboxylic acids is 3. The molecular weight excluding hydrogens is 938 g/mol. The van der Waals surface area contributed by atoms with Crippen LogP contribution in [-0.4, -0.2) is 89.9 Å². The predicted molar refractivity (Wildman–Crippen MR) is 204 cm³/mol. The van der Waals surface area contributed by atoms with Gasteiger partial charge in [-0.1, -0.05) is 11.6 Å². The molecule has 0 bridgehead atoms. The third-order valence-corrected chi connectivity index (χ3v) is 7.44. The number of carbonyl (C=O) groups is 3. The lowest BCUT2D eigenvalue weighted by Gasteiger charge is -2.00. The van der Waals surface area contributed by atoms with Crippen molar-refractivity contribution in [2.45, 2.75) is 20.8 Å². The number of H-pyrrole nitrogens is 2. The lowest BCUT2D eigenvalue weighted by Crippen LogP contribution is -2.12. The second-order valence-electron chi connectivity index (χ2n) is 9.21. The minimum atomic E-state index is -3.22. The van der Waals surface area contributed by atoms with Crippen LogP contribution < -0.4 is 11.1 Å². The number of nitrogens with zero attached hydrogens (tertiary/aromatic N) is 7. The lowest BCUT2D eigenvalue weighted by molar-refractivity contribution is 0.0518. The van der Waals surface area contributed by atoms with E-state index in [-0.39, 0.29) is 49.0 Å². The maximum absolute atomic E-state index is 11.5. The Kier molecular flexibility index (Phi) is 17.7. The van der Waals surface area contributed by atoms with Crippen molar-refractivity contribution in [1.29, 1.82) is 0 Å². The second kappa shape index (κ2) is 20.7. The number of halogens is 6. The molecule has 0 amide bonds. The van der Waals surface area contributed by atoms with E-state index in [1.807, 2.05) is 0 Å². The van der Waals surface area contributed by atoms with Crippen molar-refractivity contribution in [2.75, 3.05) is 19.8 Å². The number of hydrogen-bond acceptors (Lipinski definition) is 13. The van der Waals surface area contributed by atoms with Gasteiger partial charge in [0.1, 0.15) is 26.3 Å². The van der Waals surface area contributed by atoms with Crippen molar-refractivity contribution in [3.8, 4) is 0 Å². The maximum atomic E-state index is 11.5. The molecule has 26 heteroatoms. The Morgan fingerprint density at radius 2 is 1.19 bits per heavy atom. The second-order valence-corrected chi connectivity index (χ2v) is 17.9. The number of aromatic amines is 2. The zero-order valence-corrected chi connectivity index (χ0v) is 34.3. The van der Waals surface area contributed by atoms with Crippen molar-refractivity contribution < 1.29 is 33.2 Å². The molecule has 6 aromatic rings. The van der Waals surface area contributed by atoms with Crippen LogP contribution in [0.3, 0.4) is 0 Å². The summed E-state index contributed by atoms with van der Waals surface area (Å²) in [5.41, 5.74) is 1.25. The predicted octanol–water partition coefficient (Wildman–Crippen LogP) is 5.91. The molecule has 6 aromatic heterocycles.